The fraction of sp³-hybridized carbons (Fsp3) is 0.154. The van der Waals surface area contributed by atoms with Crippen molar-refractivity contribution < 1.29 is 0 Å². The summed E-state index contributed by atoms with van der Waals surface area (Å²) in [5.74, 6) is 0.894. The predicted octanol–water partition coefficient (Wildman–Crippen LogP) is 4.56. The molecular weight excluding hydrogens is 252 g/mol. The molecule has 2 nitrogen and oxygen atoms in total. The van der Waals surface area contributed by atoms with E-state index in [2.05, 4.69) is 35.9 Å². The SMILES string of the molecule is Cc1cc(C)c2nc(-c3ccc(Cl)s3)[nH]c2c1. The number of halogens is 1. The molecule has 0 fully saturated rings. The van der Waals surface area contributed by atoms with Crippen LogP contribution in [0.2, 0.25) is 4.34 Å². The second-order valence-electron chi connectivity index (χ2n) is 4.17. The third kappa shape index (κ3) is 1.85. The molecule has 0 aliphatic rings. The fourth-order valence-corrected chi connectivity index (χ4v) is 3.02. The summed E-state index contributed by atoms with van der Waals surface area (Å²) in [7, 11) is 0. The van der Waals surface area contributed by atoms with Crippen molar-refractivity contribution in [3.8, 4) is 10.7 Å². The largest absolute Gasteiger partial charge is 0.337 e. The van der Waals surface area contributed by atoms with E-state index < -0.39 is 0 Å². The lowest BCUT2D eigenvalue weighted by atomic mass is 10.1. The number of nitrogens with one attached hydrogen (secondary N) is 1. The van der Waals surface area contributed by atoms with Gasteiger partial charge in [-0.15, -0.1) is 11.3 Å². The van der Waals surface area contributed by atoms with Crippen molar-refractivity contribution in [3.63, 3.8) is 0 Å². The Kier molecular flexibility index (Phi) is 2.45. The molecule has 0 saturated carbocycles. The quantitative estimate of drug-likeness (QED) is 0.684. The number of hydrogen-bond acceptors (Lipinski definition) is 2. The molecule has 0 aliphatic heterocycles. The lowest BCUT2D eigenvalue weighted by molar-refractivity contribution is 1.35. The number of aromatic amines is 1. The molecule has 86 valence electrons. The minimum absolute atomic E-state index is 0.786. The minimum atomic E-state index is 0.786. The maximum atomic E-state index is 5.94. The third-order valence-corrected chi connectivity index (χ3v) is 3.97. The van der Waals surface area contributed by atoms with E-state index in [1.807, 2.05) is 12.1 Å². The number of thiophene rings is 1. The van der Waals surface area contributed by atoms with Crippen molar-refractivity contribution >= 4 is 34.0 Å². The highest BCUT2D eigenvalue weighted by molar-refractivity contribution is 7.19. The van der Waals surface area contributed by atoms with Crippen LogP contribution in [0.4, 0.5) is 0 Å². The molecule has 0 unspecified atom stereocenters. The maximum Gasteiger partial charge on any atom is 0.148 e. The van der Waals surface area contributed by atoms with Gasteiger partial charge in [0.25, 0.3) is 0 Å². The van der Waals surface area contributed by atoms with Crippen LogP contribution in [-0.4, -0.2) is 9.97 Å². The number of fused-ring (bicyclic) bond motifs is 1. The second kappa shape index (κ2) is 3.86. The van der Waals surface area contributed by atoms with Crippen LogP contribution < -0.4 is 0 Å². The zero-order chi connectivity index (χ0) is 12.0. The van der Waals surface area contributed by atoms with Gasteiger partial charge >= 0.3 is 0 Å². The van der Waals surface area contributed by atoms with Crippen molar-refractivity contribution in [3.05, 3.63) is 39.7 Å². The molecule has 2 aromatic heterocycles. The third-order valence-electron chi connectivity index (χ3n) is 2.73. The van der Waals surface area contributed by atoms with E-state index >= 15 is 0 Å². The summed E-state index contributed by atoms with van der Waals surface area (Å²) in [5, 5.41) is 0. The normalized spacial score (nSPS) is 11.2. The highest BCUT2D eigenvalue weighted by Crippen LogP contribution is 2.31. The number of rotatable bonds is 1. The summed E-state index contributed by atoms with van der Waals surface area (Å²) < 4.78 is 0.786. The van der Waals surface area contributed by atoms with Gasteiger partial charge in [0.1, 0.15) is 5.82 Å². The molecule has 3 aromatic rings. The van der Waals surface area contributed by atoms with E-state index in [9.17, 15) is 0 Å². The van der Waals surface area contributed by atoms with Gasteiger partial charge in [-0.1, -0.05) is 17.7 Å². The van der Waals surface area contributed by atoms with Gasteiger partial charge in [0.15, 0.2) is 0 Å². The molecule has 0 spiro atoms. The Bertz CT molecular complexity index is 697. The van der Waals surface area contributed by atoms with Crippen LogP contribution in [-0.2, 0) is 0 Å². The molecule has 0 radical (unpaired) electrons. The van der Waals surface area contributed by atoms with E-state index in [0.29, 0.717) is 0 Å². The highest BCUT2D eigenvalue weighted by atomic mass is 35.5. The summed E-state index contributed by atoms with van der Waals surface area (Å²) in [6.45, 7) is 4.18. The molecule has 0 atom stereocenters. The van der Waals surface area contributed by atoms with Gasteiger partial charge in [-0.3, -0.25) is 0 Å². The first-order valence-corrected chi connectivity index (χ1v) is 6.55. The van der Waals surface area contributed by atoms with Crippen LogP contribution in [0.1, 0.15) is 11.1 Å². The second-order valence-corrected chi connectivity index (χ2v) is 5.88. The molecule has 0 bridgehead atoms. The lowest BCUT2D eigenvalue weighted by Crippen LogP contribution is -1.79. The van der Waals surface area contributed by atoms with Gasteiger partial charge in [0.05, 0.1) is 20.2 Å². The number of aryl methyl sites for hydroxylation is 2. The Labute approximate surface area is 108 Å². The average molecular weight is 263 g/mol. The van der Waals surface area contributed by atoms with Crippen LogP contribution in [0.25, 0.3) is 21.7 Å². The summed E-state index contributed by atoms with van der Waals surface area (Å²) in [6, 6.07) is 8.15. The Morgan fingerprint density at radius 2 is 2.06 bits per heavy atom. The van der Waals surface area contributed by atoms with E-state index in [-0.39, 0.29) is 0 Å². The Morgan fingerprint density at radius 1 is 1.24 bits per heavy atom. The first-order valence-electron chi connectivity index (χ1n) is 5.36. The molecular formula is C13H11ClN2S. The summed E-state index contributed by atoms with van der Waals surface area (Å²) >= 11 is 7.48. The first-order chi connectivity index (χ1) is 8.13. The van der Waals surface area contributed by atoms with Crippen molar-refractivity contribution in [1.29, 1.82) is 0 Å². The number of benzene rings is 1. The molecule has 17 heavy (non-hydrogen) atoms. The van der Waals surface area contributed by atoms with Crippen LogP contribution in [0.3, 0.4) is 0 Å². The summed E-state index contributed by atoms with van der Waals surface area (Å²) in [4.78, 5) is 9.05. The van der Waals surface area contributed by atoms with Gasteiger partial charge in [0, 0.05) is 0 Å². The first kappa shape index (κ1) is 10.8. The van der Waals surface area contributed by atoms with Crippen LogP contribution >= 0.6 is 22.9 Å². The molecule has 2 heterocycles. The number of hydrogen-bond donors (Lipinski definition) is 1. The summed E-state index contributed by atoms with van der Waals surface area (Å²) in [5.41, 5.74) is 4.57. The van der Waals surface area contributed by atoms with E-state index in [1.54, 1.807) is 0 Å². The maximum absolute atomic E-state index is 5.94. The number of aromatic nitrogens is 2. The van der Waals surface area contributed by atoms with Gasteiger partial charge < -0.3 is 4.98 Å². The van der Waals surface area contributed by atoms with Gasteiger partial charge in [-0.05, 0) is 43.2 Å². The molecule has 3 rings (SSSR count). The topological polar surface area (TPSA) is 28.7 Å². The Balaban J connectivity index is 2.23. The smallest absolute Gasteiger partial charge is 0.148 e. The standard InChI is InChI=1S/C13H11ClN2S/c1-7-5-8(2)12-9(6-7)15-13(16-12)10-3-4-11(14)17-10/h3-6H,1-2H3,(H,15,16). The zero-order valence-corrected chi connectivity index (χ0v) is 11.1. The van der Waals surface area contributed by atoms with Crippen LogP contribution in [0, 0.1) is 13.8 Å². The molecule has 0 saturated heterocycles. The van der Waals surface area contributed by atoms with Crippen molar-refractivity contribution in [2.24, 2.45) is 0 Å². The average Bonchev–Trinajstić information content (AvgIpc) is 2.83. The van der Waals surface area contributed by atoms with E-state index in [1.165, 1.54) is 22.5 Å². The molecule has 4 heteroatoms. The van der Waals surface area contributed by atoms with Gasteiger partial charge in [-0.25, -0.2) is 4.98 Å². The van der Waals surface area contributed by atoms with Crippen molar-refractivity contribution in [2.75, 3.05) is 0 Å². The monoisotopic (exact) mass is 262 g/mol. The molecule has 1 N–H and O–H groups in total. The van der Waals surface area contributed by atoms with Crippen molar-refractivity contribution in [1.82, 2.24) is 9.97 Å². The molecule has 0 aliphatic carbocycles. The fourth-order valence-electron chi connectivity index (χ4n) is 2.03. The Hall–Kier alpha value is -1.32. The zero-order valence-electron chi connectivity index (χ0n) is 9.54. The van der Waals surface area contributed by atoms with E-state index in [0.717, 1.165) is 26.1 Å². The number of H-pyrrole nitrogens is 1. The molecule has 0 amide bonds. The van der Waals surface area contributed by atoms with Gasteiger partial charge in [0.2, 0.25) is 0 Å². The van der Waals surface area contributed by atoms with Crippen molar-refractivity contribution in [2.45, 2.75) is 13.8 Å². The lowest BCUT2D eigenvalue weighted by Gasteiger charge is -1.96. The minimum Gasteiger partial charge on any atom is -0.337 e. The summed E-state index contributed by atoms with van der Waals surface area (Å²) in [6.07, 6.45) is 0. The van der Waals surface area contributed by atoms with Crippen LogP contribution in [0.15, 0.2) is 24.3 Å². The Morgan fingerprint density at radius 3 is 2.76 bits per heavy atom. The molecule has 1 aromatic carbocycles. The van der Waals surface area contributed by atoms with Gasteiger partial charge in [-0.2, -0.15) is 0 Å². The number of imidazole rings is 1. The predicted molar refractivity (Wildman–Crippen MR) is 73.9 cm³/mol. The van der Waals surface area contributed by atoms with Crippen LogP contribution in [0.5, 0.6) is 0 Å². The van der Waals surface area contributed by atoms with E-state index in [4.69, 9.17) is 11.6 Å². The highest BCUT2D eigenvalue weighted by Gasteiger charge is 2.09. The number of nitrogens with zero attached hydrogens (tertiary/aromatic N) is 1.